The number of hydrogen-bond acceptors (Lipinski definition) is 3. The summed E-state index contributed by atoms with van der Waals surface area (Å²) >= 11 is 0. The first kappa shape index (κ1) is 14.4. The molecule has 1 N–H and O–H groups in total. The highest BCUT2D eigenvalue weighted by Crippen LogP contribution is 2.19. The Balaban J connectivity index is 1.73. The highest BCUT2D eigenvalue weighted by molar-refractivity contribution is 5.35. The molecule has 0 aromatic heterocycles. The van der Waals surface area contributed by atoms with Gasteiger partial charge in [0.1, 0.15) is 12.4 Å². The monoisotopic (exact) mass is 262 g/mol. The van der Waals surface area contributed by atoms with Gasteiger partial charge in [0, 0.05) is 13.1 Å². The van der Waals surface area contributed by atoms with E-state index < -0.39 is 0 Å². The molecule has 0 saturated carbocycles. The third-order valence-corrected chi connectivity index (χ3v) is 3.87. The smallest absolute Gasteiger partial charge is 0.122 e. The Kier molecular flexibility index (Phi) is 5.23. The third kappa shape index (κ3) is 4.22. The van der Waals surface area contributed by atoms with Gasteiger partial charge in [0.15, 0.2) is 0 Å². The van der Waals surface area contributed by atoms with Crippen LogP contribution in [0.5, 0.6) is 5.75 Å². The predicted molar refractivity (Wildman–Crippen MR) is 79.9 cm³/mol. The maximum atomic E-state index is 5.92. The van der Waals surface area contributed by atoms with E-state index in [4.69, 9.17) is 4.74 Å². The third-order valence-electron chi connectivity index (χ3n) is 3.87. The average Bonchev–Trinajstić information content (AvgIpc) is 2.82. The normalized spacial score (nSPS) is 19.8. The average molecular weight is 262 g/mol. The van der Waals surface area contributed by atoms with E-state index >= 15 is 0 Å². The van der Waals surface area contributed by atoms with Crippen LogP contribution in [0, 0.1) is 19.8 Å². The van der Waals surface area contributed by atoms with Gasteiger partial charge in [0.2, 0.25) is 0 Å². The van der Waals surface area contributed by atoms with Crippen LogP contribution >= 0.6 is 0 Å². The summed E-state index contributed by atoms with van der Waals surface area (Å²) in [6.45, 7) is 9.58. The molecule has 0 aliphatic carbocycles. The van der Waals surface area contributed by atoms with Gasteiger partial charge in [-0.1, -0.05) is 12.1 Å². The molecule has 1 saturated heterocycles. The minimum absolute atomic E-state index is 0.788. The summed E-state index contributed by atoms with van der Waals surface area (Å²) in [7, 11) is 2.03. The molecule has 1 aromatic rings. The zero-order chi connectivity index (χ0) is 13.7. The number of benzene rings is 1. The second-order valence-corrected chi connectivity index (χ2v) is 5.63. The summed E-state index contributed by atoms with van der Waals surface area (Å²) in [5, 5.41) is 3.27. The van der Waals surface area contributed by atoms with Crippen molar-refractivity contribution in [3.63, 3.8) is 0 Å². The van der Waals surface area contributed by atoms with E-state index in [9.17, 15) is 0 Å². The lowest BCUT2D eigenvalue weighted by Crippen LogP contribution is -2.28. The van der Waals surface area contributed by atoms with E-state index in [0.717, 1.165) is 31.4 Å². The molecule has 0 spiro atoms. The molecule has 19 heavy (non-hydrogen) atoms. The van der Waals surface area contributed by atoms with E-state index in [1.165, 1.54) is 30.6 Å². The van der Waals surface area contributed by atoms with Crippen LogP contribution in [0.4, 0.5) is 0 Å². The molecule has 0 radical (unpaired) electrons. The van der Waals surface area contributed by atoms with Crippen molar-refractivity contribution in [3.8, 4) is 5.75 Å². The summed E-state index contributed by atoms with van der Waals surface area (Å²) < 4.78 is 5.92. The molecule has 1 atom stereocenters. The van der Waals surface area contributed by atoms with Gasteiger partial charge in [-0.2, -0.15) is 0 Å². The predicted octanol–water partition coefficient (Wildman–Crippen LogP) is 2.22. The maximum Gasteiger partial charge on any atom is 0.122 e. The second kappa shape index (κ2) is 6.92. The van der Waals surface area contributed by atoms with Gasteiger partial charge in [-0.25, -0.2) is 0 Å². The number of nitrogens with one attached hydrogen (secondary N) is 1. The fraction of sp³-hybridized carbons (Fsp3) is 0.625. The first-order valence-corrected chi connectivity index (χ1v) is 7.26. The Morgan fingerprint density at radius 1 is 1.37 bits per heavy atom. The molecule has 106 valence electrons. The fourth-order valence-electron chi connectivity index (χ4n) is 2.72. The summed E-state index contributed by atoms with van der Waals surface area (Å²) in [5.41, 5.74) is 2.48. The number of rotatable bonds is 6. The highest BCUT2D eigenvalue weighted by Gasteiger charge is 2.21. The highest BCUT2D eigenvalue weighted by atomic mass is 16.5. The number of hydrogen-bond donors (Lipinski definition) is 1. The minimum Gasteiger partial charge on any atom is -0.492 e. The molecule has 3 heteroatoms. The topological polar surface area (TPSA) is 24.5 Å². The van der Waals surface area contributed by atoms with Crippen molar-refractivity contribution in [2.24, 2.45) is 5.92 Å². The minimum atomic E-state index is 0.788. The van der Waals surface area contributed by atoms with Gasteiger partial charge in [-0.15, -0.1) is 0 Å². The van der Waals surface area contributed by atoms with Crippen LogP contribution < -0.4 is 10.1 Å². The summed E-state index contributed by atoms with van der Waals surface area (Å²) in [5.74, 6) is 1.84. The van der Waals surface area contributed by atoms with Crippen molar-refractivity contribution in [1.29, 1.82) is 0 Å². The zero-order valence-electron chi connectivity index (χ0n) is 12.4. The van der Waals surface area contributed by atoms with Crippen LogP contribution in [-0.4, -0.2) is 44.7 Å². The van der Waals surface area contributed by atoms with Crippen LogP contribution in [-0.2, 0) is 0 Å². The summed E-state index contributed by atoms with van der Waals surface area (Å²) in [6.07, 6.45) is 1.31. The summed E-state index contributed by atoms with van der Waals surface area (Å²) in [6, 6.07) is 6.39. The SMILES string of the molecule is CNCC1CCN(CCOc2cc(C)ccc2C)C1. The van der Waals surface area contributed by atoms with E-state index in [1.54, 1.807) is 0 Å². The second-order valence-electron chi connectivity index (χ2n) is 5.63. The van der Waals surface area contributed by atoms with E-state index in [1.807, 2.05) is 7.05 Å². The molecule has 1 unspecified atom stereocenters. The van der Waals surface area contributed by atoms with Crippen molar-refractivity contribution in [2.45, 2.75) is 20.3 Å². The molecule has 3 nitrogen and oxygen atoms in total. The molecule has 0 amide bonds. The molecule has 2 rings (SSSR count). The van der Waals surface area contributed by atoms with Crippen molar-refractivity contribution in [1.82, 2.24) is 10.2 Å². The molecule has 1 heterocycles. The van der Waals surface area contributed by atoms with E-state index in [-0.39, 0.29) is 0 Å². The van der Waals surface area contributed by atoms with Crippen molar-refractivity contribution < 1.29 is 4.74 Å². The van der Waals surface area contributed by atoms with E-state index in [2.05, 4.69) is 42.3 Å². The first-order valence-electron chi connectivity index (χ1n) is 7.26. The number of likely N-dealkylation sites (tertiary alicyclic amines) is 1. The van der Waals surface area contributed by atoms with Crippen molar-refractivity contribution in [2.75, 3.05) is 39.8 Å². The van der Waals surface area contributed by atoms with Gasteiger partial charge in [0.25, 0.3) is 0 Å². The van der Waals surface area contributed by atoms with Gasteiger partial charge in [0.05, 0.1) is 0 Å². The fourth-order valence-corrected chi connectivity index (χ4v) is 2.72. The van der Waals surface area contributed by atoms with Crippen LogP contribution in [0.3, 0.4) is 0 Å². The standard InChI is InChI=1S/C16H26N2O/c1-13-4-5-14(2)16(10-13)19-9-8-18-7-6-15(12-18)11-17-3/h4-5,10,15,17H,6-9,11-12H2,1-3H3. The molecule has 1 aliphatic heterocycles. The lowest BCUT2D eigenvalue weighted by molar-refractivity contribution is 0.231. The Bertz CT molecular complexity index is 406. The molecular weight excluding hydrogens is 236 g/mol. The molecule has 1 fully saturated rings. The largest absolute Gasteiger partial charge is 0.492 e. The molecule has 0 bridgehead atoms. The first-order chi connectivity index (χ1) is 9.19. The maximum absolute atomic E-state index is 5.92. The van der Waals surface area contributed by atoms with Crippen LogP contribution in [0.25, 0.3) is 0 Å². The number of aryl methyl sites for hydroxylation is 2. The lowest BCUT2D eigenvalue weighted by Gasteiger charge is -2.17. The zero-order valence-corrected chi connectivity index (χ0v) is 12.4. The van der Waals surface area contributed by atoms with E-state index in [0.29, 0.717) is 0 Å². The Morgan fingerprint density at radius 2 is 2.21 bits per heavy atom. The van der Waals surface area contributed by atoms with Crippen molar-refractivity contribution >= 4 is 0 Å². The Hall–Kier alpha value is -1.06. The van der Waals surface area contributed by atoms with Crippen LogP contribution in [0.1, 0.15) is 17.5 Å². The Morgan fingerprint density at radius 3 is 3.00 bits per heavy atom. The van der Waals surface area contributed by atoms with Crippen LogP contribution in [0.2, 0.25) is 0 Å². The molecule has 1 aromatic carbocycles. The quantitative estimate of drug-likeness (QED) is 0.851. The van der Waals surface area contributed by atoms with Gasteiger partial charge in [-0.05, 0) is 63.5 Å². The summed E-state index contributed by atoms with van der Waals surface area (Å²) in [4.78, 5) is 2.51. The lowest BCUT2D eigenvalue weighted by atomic mass is 10.1. The van der Waals surface area contributed by atoms with Crippen LogP contribution in [0.15, 0.2) is 18.2 Å². The van der Waals surface area contributed by atoms with Gasteiger partial charge < -0.3 is 10.1 Å². The Labute approximate surface area is 116 Å². The molecule has 1 aliphatic rings. The van der Waals surface area contributed by atoms with Crippen molar-refractivity contribution in [3.05, 3.63) is 29.3 Å². The van der Waals surface area contributed by atoms with Gasteiger partial charge >= 0.3 is 0 Å². The molecular formula is C16H26N2O. The number of nitrogens with zero attached hydrogens (tertiary/aromatic N) is 1. The number of ether oxygens (including phenoxy) is 1. The van der Waals surface area contributed by atoms with Gasteiger partial charge in [-0.3, -0.25) is 4.90 Å².